The molecule has 0 spiro atoms. The highest BCUT2D eigenvalue weighted by Crippen LogP contribution is 2.30. The van der Waals surface area contributed by atoms with E-state index in [1.807, 2.05) is 0 Å². The molecule has 1 aliphatic rings. The van der Waals surface area contributed by atoms with Crippen LogP contribution >= 0.6 is 11.8 Å². The van der Waals surface area contributed by atoms with Gasteiger partial charge in [-0.2, -0.15) is 13.2 Å². The number of piperazine rings is 1. The fourth-order valence-electron chi connectivity index (χ4n) is 1.86. The van der Waals surface area contributed by atoms with E-state index in [4.69, 9.17) is 0 Å². The maximum absolute atomic E-state index is 12.2. The van der Waals surface area contributed by atoms with Crippen LogP contribution in [0.1, 0.15) is 27.2 Å². The third kappa shape index (κ3) is 3.77. The van der Waals surface area contributed by atoms with E-state index in [2.05, 4.69) is 5.32 Å². The van der Waals surface area contributed by atoms with Gasteiger partial charge in [-0.15, -0.1) is 0 Å². The van der Waals surface area contributed by atoms with E-state index >= 15 is 0 Å². The predicted octanol–water partition coefficient (Wildman–Crippen LogP) is 1.75. The van der Waals surface area contributed by atoms with Crippen LogP contribution in [-0.4, -0.2) is 46.1 Å². The molecular formula is C11H17F3N2O2S. The van der Waals surface area contributed by atoms with E-state index in [9.17, 15) is 22.8 Å². The van der Waals surface area contributed by atoms with Crippen LogP contribution in [-0.2, 0) is 9.59 Å². The van der Waals surface area contributed by atoms with Crippen molar-refractivity contribution in [2.75, 3.05) is 12.3 Å². The second kappa shape index (κ2) is 5.60. The second-order valence-corrected chi connectivity index (χ2v) is 5.80. The summed E-state index contributed by atoms with van der Waals surface area (Å²) in [6, 6.07) is -0.735. The van der Waals surface area contributed by atoms with Crippen LogP contribution in [0.4, 0.5) is 13.2 Å². The van der Waals surface area contributed by atoms with Crippen LogP contribution < -0.4 is 5.32 Å². The molecule has 0 aromatic rings. The van der Waals surface area contributed by atoms with Crippen LogP contribution in [0.5, 0.6) is 0 Å². The summed E-state index contributed by atoms with van der Waals surface area (Å²) >= 11 is -0.185. The Bertz CT molecular complexity index is 375. The van der Waals surface area contributed by atoms with Gasteiger partial charge in [0.05, 0.1) is 0 Å². The number of hydrogen-bond acceptors (Lipinski definition) is 3. The molecule has 19 heavy (non-hydrogen) atoms. The van der Waals surface area contributed by atoms with Crippen molar-refractivity contribution in [3.05, 3.63) is 0 Å². The van der Waals surface area contributed by atoms with E-state index in [0.717, 1.165) is 0 Å². The molecule has 2 amide bonds. The quantitative estimate of drug-likeness (QED) is 0.860. The van der Waals surface area contributed by atoms with Crippen molar-refractivity contribution in [3.8, 4) is 0 Å². The van der Waals surface area contributed by atoms with E-state index in [0.29, 0.717) is 6.42 Å². The molecule has 1 rings (SSSR count). The van der Waals surface area contributed by atoms with Gasteiger partial charge >= 0.3 is 5.51 Å². The highest BCUT2D eigenvalue weighted by molar-refractivity contribution is 8.00. The van der Waals surface area contributed by atoms with Gasteiger partial charge in [-0.05, 0) is 32.0 Å². The summed E-state index contributed by atoms with van der Waals surface area (Å²) in [4.78, 5) is 25.2. The molecule has 1 saturated heterocycles. The van der Waals surface area contributed by atoms with Crippen LogP contribution in [0, 0.1) is 0 Å². The Hall–Kier alpha value is -0.920. The summed E-state index contributed by atoms with van der Waals surface area (Å²) in [7, 11) is 0. The van der Waals surface area contributed by atoms with Crippen molar-refractivity contribution in [2.45, 2.75) is 44.3 Å². The molecule has 0 aliphatic carbocycles. The zero-order chi connectivity index (χ0) is 14.8. The Morgan fingerprint density at radius 3 is 2.47 bits per heavy atom. The molecule has 1 aliphatic heterocycles. The summed E-state index contributed by atoms with van der Waals surface area (Å²) < 4.78 is 36.2. The van der Waals surface area contributed by atoms with E-state index in [-0.39, 0.29) is 35.9 Å². The number of nitrogens with one attached hydrogen (secondary N) is 1. The number of nitrogens with zero attached hydrogens (tertiary/aromatic N) is 1. The lowest BCUT2D eigenvalue weighted by molar-refractivity contribution is -0.153. The summed E-state index contributed by atoms with van der Waals surface area (Å²) in [5.74, 6) is -0.932. The summed E-state index contributed by atoms with van der Waals surface area (Å²) in [5.41, 5.74) is -5.34. The first-order valence-corrected chi connectivity index (χ1v) is 6.93. The molecule has 2 unspecified atom stereocenters. The van der Waals surface area contributed by atoms with Crippen LogP contribution in [0.15, 0.2) is 0 Å². The SMILES string of the molecule is CCC1(C)NC(=O)C(C)N(CCSC(F)(F)F)C1=O. The standard InChI is InChI=1S/C11H17F3N2O2S/c1-4-10(3)9(18)16(7(2)8(17)15-10)5-6-19-11(12,13)14/h7H,4-6H2,1-3H3,(H,15,17). The lowest BCUT2D eigenvalue weighted by Gasteiger charge is -2.43. The largest absolute Gasteiger partial charge is 0.441 e. The fourth-order valence-corrected chi connectivity index (χ4v) is 2.38. The van der Waals surface area contributed by atoms with Crippen LogP contribution in [0.25, 0.3) is 0 Å². The number of halogens is 3. The van der Waals surface area contributed by atoms with Gasteiger partial charge in [0, 0.05) is 12.3 Å². The van der Waals surface area contributed by atoms with Gasteiger partial charge < -0.3 is 10.2 Å². The number of rotatable bonds is 4. The van der Waals surface area contributed by atoms with Crippen molar-refractivity contribution < 1.29 is 22.8 Å². The molecule has 0 radical (unpaired) electrons. The summed E-state index contributed by atoms with van der Waals surface area (Å²) in [5, 5.41) is 2.62. The topological polar surface area (TPSA) is 49.4 Å². The third-order valence-electron chi connectivity index (χ3n) is 3.28. The number of amides is 2. The molecule has 0 bridgehead atoms. The number of alkyl halides is 3. The number of carbonyl (C=O) groups is 2. The van der Waals surface area contributed by atoms with E-state index in [1.165, 1.54) is 11.8 Å². The number of thioether (sulfide) groups is 1. The third-order valence-corrected chi connectivity index (χ3v) is 4.00. The molecule has 2 atom stereocenters. The molecule has 1 fully saturated rings. The smallest absolute Gasteiger partial charge is 0.340 e. The molecule has 110 valence electrons. The van der Waals surface area contributed by atoms with Gasteiger partial charge in [-0.25, -0.2) is 0 Å². The van der Waals surface area contributed by atoms with Crippen molar-refractivity contribution in [3.63, 3.8) is 0 Å². The van der Waals surface area contributed by atoms with Gasteiger partial charge in [0.2, 0.25) is 11.8 Å². The zero-order valence-corrected chi connectivity index (χ0v) is 11.8. The second-order valence-electron chi connectivity index (χ2n) is 4.64. The molecule has 0 aromatic carbocycles. The minimum atomic E-state index is -4.32. The minimum absolute atomic E-state index is 0.0901. The lowest BCUT2D eigenvalue weighted by atomic mass is 9.92. The van der Waals surface area contributed by atoms with Crippen LogP contribution in [0.3, 0.4) is 0 Å². The van der Waals surface area contributed by atoms with E-state index in [1.54, 1.807) is 13.8 Å². The van der Waals surface area contributed by atoms with Crippen LogP contribution in [0.2, 0.25) is 0 Å². The Balaban J connectivity index is 2.73. The summed E-state index contributed by atoms with van der Waals surface area (Å²) in [6.45, 7) is 4.76. The highest BCUT2D eigenvalue weighted by atomic mass is 32.2. The normalized spacial score (nSPS) is 28.5. The molecule has 4 nitrogen and oxygen atoms in total. The fraction of sp³-hybridized carbons (Fsp3) is 0.818. The predicted molar refractivity (Wildman–Crippen MR) is 66.5 cm³/mol. The van der Waals surface area contributed by atoms with Gasteiger partial charge in [0.1, 0.15) is 11.6 Å². The Kier molecular flexibility index (Phi) is 4.76. The first-order valence-electron chi connectivity index (χ1n) is 5.94. The number of carbonyl (C=O) groups excluding carboxylic acids is 2. The molecule has 1 heterocycles. The van der Waals surface area contributed by atoms with Gasteiger partial charge in [0.25, 0.3) is 0 Å². The van der Waals surface area contributed by atoms with Gasteiger partial charge in [-0.1, -0.05) is 6.92 Å². The molecule has 0 aromatic heterocycles. The molecule has 0 saturated carbocycles. The Morgan fingerprint density at radius 1 is 1.42 bits per heavy atom. The first-order chi connectivity index (χ1) is 8.60. The molecular weight excluding hydrogens is 281 g/mol. The highest BCUT2D eigenvalue weighted by Gasteiger charge is 2.45. The maximum atomic E-state index is 12.2. The van der Waals surface area contributed by atoms with Crippen molar-refractivity contribution in [1.82, 2.24) is 10.2 Å². The average molecular weight is 298 g/mol. The number of hydrogen-bond donors (Lipinski definition) is 1. The maximum Gasteiger partial charge on any atom is 0.441 e. The van der Waals surface area contributed by atoms with Gasteiger partial charge in [0.15, 0.2) is 0 Å². The minimum Gasteiger partial charge on any atom is -0.340 e. The van der Waals surface area contributed by atoms with Crippen molar-refractivity contribution in [1.29, 1.82) is 0 Å². The Labute approximate surface area is 114 Å². The van der Waals surface area contributed by atoms with Crippen molar-refractivity contribution >= 4 is 23.6 Å². The lowest BCUT2D eigenvalue weighted by Crippen LogP contribution is -2.68. The Morgan fingerprint density at radius 2 is 2.00 bits per heavy atom. The summed E-state index contributed by atoms with van der Waals surface area (Å²) in [6.07, 6.45) is 0.396. The van der Waals surface area contributed by atoms with Crippen molar-refractivity contribution in [2.24, 2.45) is 0 Å². The average Bonchev–Trinajstić information content (AvgIpc) is 2.30. The molecule has 1 N–H and O–H groups in total. The van der Waals surface area contributed by atoms with E-state index < -0.39 is 17.1 Å². The monoisotopic (exact) mass is 298 g/mol. The zero-order valence-electron chi connectivity index (χ0n) is 11.0. The van der Waals surface area contributed by atoms with Gasteiger partial charge in [-0.3, -0.25) is 9.59 Å². The molecule has 8 heteroatoms. The first kappa shape index (κ1) is 16.1.